The number of imidazole rings is 1. The van der Waals surface area contributed by atoms with Crippen LogP contribution < -0.4 is 4.57 Å². The van der Waals surface area contributed by atoms with Gasteiger partial charge in [0.05, 0.1) is 12.6 Å². The monoisotopic (exact) mass is 414 g/mol. The van der Waals surface area contributed by atoms with Gasteiger partial charge < -0.3 is 0 Å². The van der Waals surface area contributed by atoms with Gasteiger partial charge in [0.15, 0.2) is 0 Å². The van der Waals surface area contributed by atoms with E-state index >= 15 is 0 Å². The van der Waals surface area contributed by atoms with Crippen LogP contribution in [-0.2, 0) is 7.05 Å². The molecule has 1 aromatic heterocycles. The van der Waals surface area contributed by atoms with Gasteiger partial charge in [0.1, 0.15) is 18.1 Å². The van der Waals surface area contributed by atoms with Crippen LogP contribution in [0, 0.1) is 6.92 Å². The standard InChI is InChI=1S/C29H33N2/c1-20(2)26-18-24(23-13-8-7-9-14-23)19-27(21(3)4)28(26)31-17-16-30(6)29(31)25-15-11-10-12-22(25)5/h7-21H,1-6H3/q+1/i1D3,20D,21D. The Balaban J connectivity index is 2.17. The molecule has 3 aromatic carbocycles. The van der Waals surface area contributed by atoms with E-state index in [1.165, 1.54) is 6.92 Å². The average Bonchev–Trinajstić information content (AvgIpc) is 3.18. The Morgan fingerprint density at radius 1 is 0.871 bits per heavy atom. The summed E-state index contributed by atoms with van der Waals surface area (Å²) in [4.78, 5) is 0. The smallest absolute Gasteiger partial charge is 0.232 e. The van der Waals surface area contributed by atoms with Crippen LogP contribution in [0.15, 0.2) is 79.1 Å². The summed E-state index contributed by atoms with van der Waals surface area (Å²) in [5, 5.41) is 0. The number of hydrogen-bond acceptors (Lipinski definition) is 0. The van der Waals surface area contributed by atoms with Crippen LogP contribution in [0.5, 0.6) is 0 Å². The molecule has 0 radical (unpaired) electrons. The minimum absolute atomic E-state index is 0.366. The average molecular weight is 415 g/mol. The van der Waals surface area contributed by atoms with Crippen molar-refractivity contribution < 1.29 is 11.4 Å². The Kier molecular flexibility index (Phi) is 4.31. The summed E-state index contributed by atoms with van der Waals surface area (Å²) in [6.07, 6.45) is 3.82. The number of benzene rings is 3. The van der Waals surface area contributed by atoms with Crippen LogP contribution >= 0.6 is 0 Å². The zero-order chi connectivity index (χ0) is 26.5. The van der Waals surface area contributed by atoms with Crippen molar-refractivity contribution in [2.45, 2.75) is 46.3 Å². The molecule has 0 aliphatic heterocycles. The molecule has 4 rings (SSSR count). The van der Waals surface area contributed by atoms with Crippen LogP contribution in [0.2, 0.25) is 0 Å². The lowest BCUT2D eigenvalue weighted by atomic mass is 9.88. The Bertz CT molecular complexity index is 1390. The van der Waals surface area contributed by atoms with Crippen molar-refractivity contribution >= 4 is 0 Å². The summed E-state index contributed by atoms with van der Waals surface area (Å²) in [5.41, 5.74) is 5.37. The summed E-state index contributed by atoms with van der Waals surface area (Å²) in [6, 6.07) is 21.5. The number of aryl methyl sites for hydroxylation is 2. The summed E-state index contributed by atoms with van der Waals surface area (Å²) in [6.45, 7) is 4.51. The Morgan fingerprint density at radius 2 is 1.52 bits per heavy atom. The molecule has 0 saturated heterocycles. The fraction of sp³-hybridized carbons (Fsp3) is 0.276. The van der Waals surface area contributed by atoms with Gasteiger partial charge >= 0.3 is 0 Å². The Labute approximate surface area is 193 Å². The first-order chi connectivity index (χ1) is 16.7. The van der Waals surface area contributed by atoms with Crippen molar-refractivity contribution in [2.75, 3.05) is 0 Å². The molecule has 2 heteroatoms. The molecular formula is C29H33N2+. The fourth-order valence-electron chi connectivity index (χ4n) is 4.16. The Morgan fingerprint density at radius 3 is 2.16 bits per heavy atom. The van der Waals surface area contributed by atoms with E-state index in [2.05, 4.69) is 0 Å². The van der Waals surface area contributed by atoms with Crippen LogP contribution in [-0.4, -0.2) is 4.57 Å². The quantitative estimate of drug-likeness (QED) is 0.306. The van der Waals surface area contributed by atoms with Crippen molar-refractivity contribution in [2.24, 2.45) is 7.05 Å². The number of nitrogens with zero attached hydrogens (tertiary/aromatic N) is 2. The molecule has 4 aromatic rings. The van der Waals surface area contributed by atoms with Crippen LogP contribution in [0.3, 0.4) is 0 Å². The van der Waals surface area contributed by atoms with E-state index < -0.39 is 18.6 Å². The second-order valence-corrected chi connectivity index (χ2v) is 8.33. The molecule has 0 amide bonds. The lowest BCUT2D eigenvalue weighted by Crippen LogP contribution is -2.29. The van der Waals surface area contributed by atoms with Gasteiger partial charge in [-0.05, 0) is 53.6 Å². The molecule has 0 saturated carbocycles. The third-order valence-electron chi connectivity index (χ3n) is 5.79. The zero-order valence-electron chi connectivity index (χ0n) is 23.9. The molecule has 1 atom stereocenters. The molecule has 0 N–H and O–H groups in total. The van der Waals surface area contributed by atoms with Crippen molar-refractivity contribution in [1.29, 1.82) is 0 Å². The largest absolute Gasteiger partial charge is 0.294 e. The summed E-state index contributed by atoms with van der Waals surface area (Å²) >= 11 is 0. The molecule has 0 bridgehead atoms. The number of rotatable bonds is 5. The second kappa shape index (κ2) is 8.55. The third kappa shape index (κ3) is 3.95. The zero-order valence-corrected chi connectivity index (χ0v) is 18.9. The van der Waals surface area contributed by atoms with Gasteiger partial charge in [-0.1, -0.05) is 76.2 Å². The highest BCUT2D eigenvalue weighted by molar-refractivity contribution is 5.71. The minimum Gasteiger partial charge on any atom is -0.232 e. The first-order valence-corrected chi connectivity index (χ1v) is 10.6. The van der Waals surface area contributed by atoms with Crippen LogP contribution in [0.1, 0.15) is 63.0 Å². The van der Waals surface area contributed by atoms with Gasteiger partial charge in [0, 0.05) is 18.0 Å². The molecule has 31 heavy (non-hydrogen) atoms. The molecule has 1 unspecified atom stereocenters. The lowest BCUT2D eigenvalue weighted by molar-refractivity contribution is -0.659. The second-order valence-electron chi connectivity index (χ2n) is 8.33. The predicted molar refractivity (Wildman–Crippen MR) is 131 cm³/mol. The van der Waals surface area contributed by atoms with E-state index in [0.29, 0.717) is 16.8 Å². The van der Waals surface area contributed by atoms with Gasteiger partial charge in [-0.3, -0.25) is 0 Å². The molecule has 2 nitrogen and oxygen atoms in total. The molecule has 158 valence electrons. The van der Waals surface area contributed by atoms with Crippen molar-refractivity contribution in [3.05, 3.63) is 95.8 Å². The maximum absolute atomic E-state index is 9.15. The van der Waals surface area contributed by atoms with Crippen molar-refractivity contribution in [3.63, 3.8) is 0 Å². The first kappa shape index (κ1) is 15.6. The third-order valence-corrected chi connectivity index (χ3v) is 5.79. The van der Waals surface area contributed by atoms with E-state index in [0.717, 1.165) is 28.1 Å². The number of hydrogen-bond donors (Lipinski definition) is 0. The predicted octanol–water partition coefficient (Wildman–Crippen LogP) is 7.19. The molecule has 1 heterocycles. The van der Waals surface area contributed by atoms with E-state index in [1.807, 2.05) is 102 Å². The highest BCUT2D eigenvalue weighted by Crippen LogP contribution is 2.37. The van der Waals surface area contributed by atoms with E-state index in [-0.39, 0.29) is 0 Å². The van der Waals surface area contributed by atoms with E-state index in [4.69, 9.17) is 6.85 Å². The van der Waals surface area contributed by atoms with E-state index in [9.17, 15) is 0 Å². The summed E-state index contributed by atoms with van der Waals surface area (Å²) < 4.78 is 47.0. The topological polar surface area (TPSA) is 8.81 Å². The fourth-order valence-corrected chi connectivity index (χ4v) is 4.16. The van der Waals surface area contributed by atoms with Crippen molar-refractivity contribution in [1.82, 2.24) is 4.57 Å². The number of aromatic nitrogens is 2. The maximum atomic E-state index is 9.15. The SMILES string of the molecule is [2H]C(C)(C)c1cc(-c2ccccc2)cc(C([2H])(C)C([2H])([2H])[2H])c1-n1cc[n+](C)c1-c1ccccc1C. The lowest BCUT2D eigenvalue weighted by Gasteiger charge is -2.20. The van der Waals surface area contributed by atoms with Gasteiger partial charge in [0.25, 0.3) is 5.82 Å². The van der Waals surface area contributed by atoms with Gasteiger partial charge in [-0.25, -0.2) is 4.57 Å². The van der Waals surface area contributed by atoms with Crippen molar-refractivity contribution in [3.8, 4) is 28.2 Å². The summed E-state index contributed by atoms with van der Waals surface area (Å²) in [5.74, 6) is -2.13. The van der Waals surface area contributed by atoms with Crippen LogP contribution in [0.4, 0.5) is 0 Å². The van der Waals surface area contributed by atoms with Crippen LogP contribution in [0.25, 0.3) is 28.2 Å². The molecule has 0 aliphatic carbocycles. The maximum Gasteiger partial charge on any atom is 0.294 e. The van der Waals surface area contributed by atoms with Gasteiger partial charge in [-0.15, -0.1) is 0 Å². The van der Waals surface area contributed by atoms with Gasteiger partial charge in [0.2, 0.25) is 0 Å². The minimum atomic E-state index is -2.58. The highest BCUT2D eigenvalue weighted by Gasteiger charge is 2.27. The normalized spacial score (nSPS) is 16.5. The first-order valence-electron chi connectivity index (χ1n) is 13.1. The van der Waals surface area contributed by atoms with E-state index in [1.54, 1.807) is 13.8 Å². The molecular weight excluding hydrogens is 376 g/mol. The molecule has 0 aliphatic rings. The Hall–Kier alpha value is -3.13. The molecule has 0 spiro atoms. The van der Waals surface area contributed by atoms with Gasteiger partial charge in [-0.2, -0.15) is 4.57 Å². The summed E-state index contributed by atoms with van der Waals surface area (Å²) in [7, 11) is 1.95. The molecule has 0 fully saturated rings. The highest BCUT2D eigenvalue weighted by atomic mass is 15.1.